The third-order valence-electron chi connectivity index (χ3n) is 4.10. The van der Waals surface area contributed by atoms with Gasteiger partial charge in [-0.05, 0) is 38.3 Å². The smallest absolute Gasteiger partial charge is 0.132 e. The van der Waals surface area contributed by atoms with Gasteiger partial charge >= 0.3 is 0 Å². The Balaban J connectivity index is 1.95. The Hall–Kier alpha value is -1.59. The van der Waals surface area contributed by atoms with Gasteiger partial charge in [0.05, 0.1) is 12.0 Å². The Kier molecular flexibility index (Phi) is 5.80. The lowest BCUT2D eigenvalue weighted by molar-refractivity contribution is 0.128. The molecule has 22 heavy (non-hydrogen) atoms. The van der Waals surface area contributed by atoms with Gasteiger partial charge in [-0.15, -0.1) is 0 Å². The van der Waals surface area contributed by atoms with Crippen molar-refractivity contribution in [3.63, 3.8) is 0 Å². The molecule has 0 saturated carbocycles. The summed E-state index contributed by atoms with van der Waals surface area (Å²) in [4.78, 5) is 0. The van der Waals surface area contributed by atoms with Crippen molar-refractivity contribution < 1.29 is 9.52 Å². The molecule has 2 heterocycles. The second-order valence-electron chi connectivity index (χ2n) is 5.75. The summed E-state index contributed by atoms with van der Waals surface area (Å²) in [5, 5.41) is 18.2. The normalized spacial score (nSPS) is 14.2. The van der Waals surface area contributed by atoms with E-state index >= 15 is 0 Å². The fourth-order valence-electron chi connectivity index (χ4n) is 2.89. The van der Waals surface area contributed by atoms with Crippen LogP contribution < -0.4 is 5.32 Å². The highest BCUT2D eigenvalue weighted by molar-refractivity contribution is 5.26. The van der Waals surface area contributed by atoms with E-state index in [0.29, 0.717) is 12.2 Å². The fourth-order valence-corrected chi connectivity index (χ4v) is 2.89. The van der Waals surface area contributed by atoms with Crippen LogP contribution in [0.15, 0.2) is 22.8 Å². The molecule has 0 aliphatic rings. The first-order valence-electron chi connectivity index (χ1n) is 8.05. The van der Waals surface area contributed by atoms with E-state index in [1.807, 2.05) is 17.8 Å². The van der Waals surface area contributed by atoms with Gasteiger partial charge in [0, 0.05) is 30.9 Å². The molecule has 0 fully saturated rings. The van der Waals surface area contributed by atoms with Crippen LogP contribution in [0.4, 0.5) is 0 Å². The van der Waals surface area contributed by atoms with Gasteiger partial charge in [0.25, 0.3) is 0 Å². The zero-order chi connectivity index (χ0) is 16.1. The van der Waals surface area contributed by atoms with Gasteiger partial charge in [0.1, 0.15) is 11.9 Å². The number of rotatable bonds is 8. The highest BCUT2D eigenvalue weighted by atomic mass is 16.4. The molecule has 2 unspecified atom stereocenters. The summed E-state index contributed by atoms with van der Waals surface area (Å²) >= 11 is 0. The van der Waals surface area contributed by atoms with Crippen LogP contribution in [0.25, 0.3) is 0 Å². The minimum atomic E-state index is -0.567. The molecule has 2 rings (SSSR count). The van der Waals surface area contributed by atoms with Gasteiger partial charge in [-0.25, -0.2) is 0 Å². The number of hydrogen-bond donors (Lipinski definition) is 2. The first kappa shape index (κ1) is 16.8. The summed E-state index contributed by atoms with van der Waals surface area (Å²) in [7, 11) is 2.01. The highest BCUT2D eigenvalue weighted by Gasteiger charge is 2.17. The molecule has 0 amide bonds. The van der Waals surface area contributed by atoms with Crippen LogP contribution in [0.5, 0.6) is 0 Å². The number of aryl methyl sites for hydroxylation is 2. The van der Waals surface area contributed by atoms with Crippen LogP contribution in [-0.2, 0) is 26.4 Å². The number of furan rings is 1. The number of nitrogens with one attached hydrogen (secondary N) is 1. The minimum absolute atomic E-state index is 0.190. The van der Waals surface area contributed by atoms with Gasteiger partial charge in [0.2, 0.25) is 0 Å². The first-order chi connectivity index (χ1) is 10.6. The molecule has 2 atom stereocenters. The second-order valence-corrected chi connectivity index (χ2v) is 5.75. The zero-order valence-electron chi connectivity index (χ0n) is 14.0. The van der Waals surface area contributed by atoms with E-state index in [-0.39, 0.29) is 6.04 Å². The SMILES string of the molecule is CCc1nn(C)c(CC)c1CNC(C)CC(O)c1ccco1. The van der Waals surface area contributed by atoms with E-state index < -0.39 is 6.10 Å². The lowest BCUT2D eigenvalue weighted by Gasteiger charge is -2.17. The molecule has 0 bridgehead atoms. The van der Waals surface area contributed by atoms with Crippen molar-refractivity contribution >= 4 is 0 Å². The molecular formula is C17H27N3O2. The molecule has 0 aliphatic carbocycles. The summed E-state index contributed by atoms with van der Waals surface area (Å²) in [6.45, 7) is 7.16. The third kappa shape index (κ3) is 3.78. The lowest BCUT2D eigenvalue weighted by atomic mass is 10.1. The van der Waals surface area contributed by atoms with Crippen LogP contribution in [0.1, 0.15) is 56.0 Å². The molecule has 0 saturated heterocycles. The van der Waals surface area contributed by atoms with Crippen molar-refractivity contribution in [2.24, 2.45) is 7.05 Å². The summed E-state index contributed by atoms with van der Waals surface area (Å²) < 4.78 is 7.23. The van der Waals surface area contributed by atoms with Gasteiger partial charge < -0.3 is 14.8 Å². The Morgan fingerprint density at radius 1 is 1.36 bits per heavy atom. The average Bonchev–Trinajstić information content (AvgIpc) is 3.12. The molecular weight excluding hydrogens is 278 g/mol. The van der Waals surface area contributed by atoms with Crippen LogP contribution in [0.2, 0.25) is 0 Å². The van der Waals surface area contributed by atoms with E-state index in [4.69, 9.17) is 4.42 Å². The maximum atomic E-state index is 10.1. The molecule has 0 radical (unpaired) electrons. The Labute approximate surface area is 132 Å². The van der Waals surface area contributed by atoms with E-state index in [1.54, 1.807) is 12.3 Å². The largest absolute Gasteiger partial charge is 0.467 e. The molecule has 5 heteroatoms. The van der Waals surface area contributed by atoms with Crippen molar-refractivity contribution in [3.8, 4) is 0 Å². The number of aromatic nitrogens is 2. The van der Waals surface area contributed by atoms with Crippen molar-refractivity contribution in [3.05, 3.63) is 41.1 Å². The first-order valence-corrected chi connectivity index (χ1v) is 8.05. The highest BCUT2D eigenvalue weighted by Crippen LogP contribution is 2.20. The van der Waals surface area contributed by atoms with Gasteiger partial charge in [-0.2, -0.15) is 5.10 Å². The maximum Gasteiger partial charge on any atom is 0.132 e. The molecule has 5 nitrogen and oxygen atoms in total. The zero-order valence-corrected chi connectivity index (χ0v) is 14.0. The van der Waals surface area contributed by atoms with Gasteiger partial charge in [0.15, 0.2) is 0 Å². The summed E-state index contributed by atoms with van der Waals surface area (Å²) in [6, 6.07) is 3.80. The van der Waals surface area contributed by atoms with Crippen molar-refractivity contribution in [1.29, 1.82) is 0 Å². The van der Waals surface area contributed by atoms with Gasteiger partial charge in [-0.3, -0.25) is 4.68 Å². The number of aliphatic hydroxyl groups is 1. The van der Waals surface area contributed by atoms with Crippen LogP contribution in [-0.4, -0.2) is 20.9 Å². The minimum Gasteiger partial charge on any atom is -0.467 e. The van der Waals surface area contributed by atoms with Gasteiger partial charge in [-0.1, -0.05) is 13.8 Å². The summed E-state index contributed by atoms with van der Waals surface area (Å²) in [5.41, 5.74) is 3.74. The maximum absolute atomic E-state index is 10.1. The van der Waals surface area contributed by atoms with Crippen LogP contribution in [0, 0.1) is 0 Å². The quantitative estimate of drug-likeness (QED) is 0.787. The Bertz CT molecular complexity index is 575. The monoisotopic (exact) mass is 305 g/mol. The van der Waals surface area contributed by atoms with E-state index in [2.05, 4.69) is 31.2 Å². The standard InChI is InChI=1S/C17H27N3O2/c1-5-14-13(15(6-2)20(4)19-14)11-18-12(3)10-16(21)17-8-7-9-22-17/h7-9,12,16,18,21H,5-6,10-11H2,1-4H3. The third-order valence-corrected chi connectivity index (χ3v) is 4.10. The molecule has 122 valence electrons. The molecule has 2 aromatic heterocycles. The van der Waals surface area contributed by atoms with Crippen LogP contribution in [0.3, 0.4) is 0 Å². The van der Waals surface area contributed by atoms with Crippen LogP contribution >= 0.6 is 0 Å². The second kappa shape index (κ2) is 7.61. The van der Waals surface area contributed by atoms with E-state index in [0.717, 1.165) is 25.1 Å². The number of nitrogens with zero attached hydrogens (tertiary/aromatic N) is 2. The number of hydrogen-bond acceptors (Lipinski definition) is 4. The Morgan fingerprint density at radius 2 is 2.14 bits per heavy atom. The molecule has 0 aromatic carbocycles. The molecule has 2 aromatic rings. The van der Waals surface area contributed by atoms with Crippen molar-refractivity contribution in [2.45, 2.75) is 58.7 Å². The van der Waals surface area contributed by atoms with E-state index in [1.165, 1.54) is 11.3 Å². The fraction of sp³-hybridized carbons (Fsp3) is 0.588. The van der Waals surface area contributed by atoms with Crippen molar-refractivity contribution in [2.75, 3.05) is 0 Å². The summed E-state index contributed by atoms with van der Waals surface area (Å²) in [5.74, 6) is 0.624. The van der Waals surface area contributed by atoms with Crippen molar-refractivity contribution in [1.82, 2.24) is 15.1 Å². The van der Waals surface area contributed by atoms with E-state index in [9.17, 15) is 5.11 Å². The Morgan fingerprint density at radius 3 is 2.73 bits per heavy atom. The predicted octanol–water partition coefficient (Wildman–Crippen LogP) is 2.74. The molecule has 0 spiro atoms. The summed E-state index contributed by atoms with van der Waals surface area (Å²) in [6.07, 6.45) is 3.56. The lowest BCUT2D eigenvalue weighted by Crippen LogP contribution is -2.28. The number of aliphatic hydroxyl groups excluding tert-OH is 1. The average molecular weight is 305 g/mol. The predicted molar refractivity (Wildman–Crippen MR) is 86.6 cm³/mol. The molecule has 2 N–H and O–H groups in total. The molecule has 0 aliphatic heterocycles. The topological polar surface area (TPSA) is 63.2 Å².